The quantitative estimate of drug-likeness (QED) is 0.621. The fourth-order valence-corrected chi connectivity index (χ4v) is 2.44. The van der Waals surface area contributed by atoms with Crippen molar-refractivity contribution in [3.05, 3.63) is 0 Å². The first-order valence-electron chi connectivity index (χ1n) is 5.38. The summed E-state index contributed by atoms with van der Waals surface area (Å²) >= 11 is 0. The molecule has 16 heavy (non-hydrogen) atoms. The second kappa shape index (κ2) is 3.45. The second-order valence-corrected chi connectivity index (χ2v) is 4.84. The molecular weight excluding hydrogens is 212 g/mol. The molecule has 0 aromatic rings. The molecule has 5 heteroatoms. The molecule has 0 spiro atoms. The van der Waals surface area contributed by atoms with Gasteiger partial charge in [0, 0.05) is 0 Å². The number of hydrogen-bond donors (Lipinski definition) is 0. The maximum atomic E-state index is 11.7. The fourth-order valence-electron chi connectivity index (χ4n) is 2.44. The van der Waals surface area contributed by atoms with Gasteiger partial charge < -0.3 is 14.2 Å². The molecule has 0 aromatic carbocycles. The Morgan fingerprint density at radius 3 is 2.81 bits per heavy atom. The molecule has 3 atom stereocenters. The summed E-state index contributed by atoms with van der Waals surface area (Å²) in [6.07, 6.45) is 1.25. The number of methoxy groups -OCH3 is 1. The highest BCUT2D eigenvalue weighted by atomic mass is 16.6. The predicted octanol–water partition coefficient (Wildman–Crippen LogP) is 0.803. The second-order valence-electron chi connectivity index (χ2n) is 4.84. The van der Waals surface area contributed by atoms with Crippen LogP contribution in [0.5, 0.6) is 0 Å². The standard InChI is InChI=1S/C11H16O5/c1-10-5-4-7(15-10)11(2,9(13)14-3)16-8(12)6-10/h7H,4-6H2,1-3H3/t7-,10-,11+/m0/s1. The molecule has 2 aliphatic rings. The van der Waals surface area contributed by atoms with Crippen molar-refractivity contribution in [1.29, 1.82) is 0 Å². The number of esters is 2. The maximum Gasteiger partial charge on any atom is 0.352 e. The fraction of sp³-hybridized carbons (Fsp3) is 0.818. The third-order valence-corrected chi connectivity index (χ3v) is 3.41. The lowest BCUT2D eigenvalue weighted by molar-refractivity contribution is -0.188. The van der Waals surface area contributed by atoms with Gasteiger partial charge in [-0.05, 0) is 26.7 Å². The minimum absolute atomic E-state index is 0.191. The van der Waals surface area contributed by atoms with Crippen LogP contribution in [0, 0.1) is 0 Å². The van der Waals surface area contributed by atoms with Crippen LogP contribution in [0.2, 0.25) is 0 Å². The first kappa shape index (κ1) is 11.4. The molecule has 5 nitrogen and oxygen atoms in total. The van der Waals surface area contributed by atoms with Crippen LogP contribution in [0.15, 0.2) is 0 Å². The van der Waals surface area contributed by atoms with Crippen LogP contribution in [-0.4, -0.2) is 36.4 Å². The van der Waals surface area contributed by atoms with E-state index in [1.807, 2.05) is 6.92 Å². The average molecular weight is 228 g/mol. The molecule has 0 N–H and O–H groups in total. The highest BCUT2D eigenvalue weighted by molar-refractivity contribution is 5.84. The number of cyclic esters (lactones) is 1. The zero-order valence-electron chi connectivity index (χ0n) is 9.74. The van der Waals surface area contributed by atoms with Crippen molar-refractivity contribution in [2.24, 2.45) is 0 Å². The predicted molar refractivity (Wildman–Crippen MR) is 53.6 cm³/mol. The van der Waals surface area contributed by atoms with Crippen molar-refractivity contribution in [3.63, 3.8) is 0 Å². The van der Waals surface area contributed by atoms with Crippen LogP contribution >= 0.6 is 0 Å². The smallest absolute Gasteiger partial charge is 0.352 e. The van der Waals surface area contributed by atoms with E-state index in [9.17, 15) is 9.59 Å². The molecule has 90 valence electrons. The molecular formula is C11H16O5. The topological polar surface area (TPSA) is 61.8 Å². The molecule has 2 bridgehead atoms. The summed E-state index contributed by atoms with van der Waals surface area (Å²) in [6.45, 7) is 3.43. The number of carbonyl (C=O) groups is 2. The van der Waals surface area contributed by atoms with Gasteiger partial charge in [0.25, 0.3) is 0 Å². The molecule has 0 radical (unpaired) electrons. The van der Waals surface area contributed by atoms with Gasteiger partial charge in [-0.3, -0.25) is 4.79 Å². The Balaban J connectivity index is 2.33. The summed E-state index contributed by atoms with van der Waals surface area (Å²) in [7, 11) is 1.28. The van der Waals surface area contributed by atoms with E-state index >= 15 is 0 Å². The lowest BCUT2D eigenvalue weighted by Gasteiger charge is -2.30. The van der Waals surface area contributed by atoms with Gasteiger partial charge in [-0.2, -0.15) is 0 Å². The Morgan fingerprint density at radius 2 is 2.19 bits per heavy atom. The van der Waals surface area contributed by atoms with Crippen molar-refractivity contribution in [3.8, 4) is 0 Å². The number of carbonyl (C=O) groups excluding carboxylic acids is 2. The van der Waals surface area contributed by atoms with Crippen molar-refractivity contribution in [2.75, 3.05) is 7.11 Å². The summed E-state index contributed by atoms with van der Waals surface area (Å²) in [6, 6.07) is 0. The highest BCUT2D eigenvalue weighted by Crippen LogP contribution is 2.42. The summed E-state index contributed by atoms with van der Waals surface area (Å²) < 4.78 is 15.7. The van der Waals surface area contributed by atoms with Crippen LogP contribution in [0.4, 0.5) is 0 Å². The van der Waals surface area contributed by atoms with Gasteiger partial charge in [0.05, 0.1) is 19.1 Å². The molecule has 0 unspecified atom stereocenters. The van der Waals surface area contributed by atoms with Gasteiger partial charge in [0.2, 0.25) is 5.60 Å². The number of rotatable bonds is 1. The van der Waals surface area contributed by atoms with E-state index in [-0.39, 0.29) is 6.42 Å². The highest BCUT2D eigenvalue weighted by Gasteiger charge is 2.56. The Bertz CT molecular complexity index is 339. The Morgan fingerprint density at radius 1 is 1.50 bits per heavy atom. The van der Waals surface area contributed by atoms with E-state index in [4.69, 9.17) is 9.47 Å². The Kier molecular flexibility index (Phi) is 2.45. The van der Waals surface area contributed by atoms with Crippen LogP contribution in [0.25, 0.3) is 0 Å². The zero-order chi connectivity index (χ0) is 12.0. The first-order chi connectivity index (χ1) is 7.39. The van der Waals surface area contributed by atoms with Gasteiger partial charge in [-0.25, -0.2) is 4.79 Å². The van der Waals surface area contributed by atoms with Crippen molar-refractivity contribution in [2.45, 2.75) is 50.4 Å². The van der Waals surface area contributed by atoms with Gasteiger partial charge in [-0.15, -0.1) is 0 Å². The molecule has 2 heterocycles. The SMILES string of the molecule is COC(=O)[C@]1(C)OC(=O)C[C@]2(C)CC[C@@H]1O2. The summed E-state index contributed by atoms with van der Waals surface area (Å²) in [4.78, 5) is 23.3. The molecule has 2 saturated heterocycles. The third-order valence-electron chi connectivity index (χ3n) is 3.41. The molecule has 0 aromatic heterocycles. The number of hydrogen-bond acceptors (Lipinski definition) is 5. The van der Waals surface area contributed by atoms with E-state index < -0.39 is 29.2 Å². The van der Waals surface area contributed by atoms with Crippen LogP contribution in [0.3, 0.4) is 0 Å². The van der Waals surface area contributed by atoms with Crippen LogP contribution < -0.4 is 0 Å². The maximum absolute atomic E-state index is 11.7. The summed E-state index contributed by atoms with van der Waals surface area (Å²) in [5.74, 6) is -0.963. The monoisotopic (exact) mass is 228 g/mol. The molecule has 2 fully saturated rings. The lowest BCUT2D eigenvalue weighted by Crippen LogP contribution is -2.50. The minimum Gasteiger partial charge on any atom is -0.466 e. The lowest BCUT2D eigenvalue weighted by atomic mass is 9.92. The minimum atomic E-state index is -1.31. The average Bonchev–Trinajstić information content (AvgIpc) is 2.54. The number of fused-ring (bicyclic) bond motifs is 2. The molecule has 2 rings (SSSR count). The van der Waals surface area contributed by atoms with E-state index in [2.05, 4.69) is 4.74 Å². The number of ether oxygens (including phenoxy) is 3. The summed E-state index contributed by atoms with van der Waals surface area (Å²) in [5.41, 5.74) is -1.80. The molecule has 2 aliphatic heterocycles. The Labute approximate surface area is 94.0 Å². The van der Waals surface area contributed by atoms with E-state index in [1.165, 1.54) is 7.11 Å². The van der Waals surface area contributed by atoms with Crippen molar-refractivity contribution in [1.82, 2.24) is 0 Å². The largest absolute Gasteiger partial charge is 0.466 e. The molecule has 0 aliphatic carbocycles. The third kappa shape index (κ3) is 1.59. The van der Waals surface area contributed by atoms with Gasteiger partial charge >= 0.3 is 11.9 Å². The normalized spacial score (nSPS) is 42.4. The van der Waals surface area contributed by atoms with Crippen molar-refractivity contribution >= 4 is 11.9 Å². The first-order valence-corrected chi connectivity index (χ1v) is 5.38. The van der Waals surface area contributed by atoms with E-state index in [0.717, 1.165) is 6.42 Å². The van der Waals surface area contributed by atoms with Gasteiger partial charge in [0.1, 0.15) is 6.10 Å². The summed E-state index contributed by atoms with van der Waals surface area (Å²) in [5, 5.41) is 0. The Hall–Kier alpha value is -1.10. The zero-order valence-corrected chi connectivity index (χ0v) is 9.74. The van der Waals surface area contributed by atoms with Crippen LogP contribution in [0.1, 0.15) is 33.1 Å². The van der Waals surface area contributed by atoms with Gasteiger partial charge in [-0.1, -0.05) is 0 Å². The van der Waals surface area contributed by atoms with Crippen molar-refractivity contribution < 1.29 is 23.8 Å². The molecule has 0 amide bonds. The van der Waals surface area contributed by atoms with Crippen LogP contribution in [-0.2, 0) is 23.8 Å². The van der Waals surface area contributed by atoms with Gasteiger partial charge in [0.15, 0.2) is 0 Å². The van der Waals surface area contributed by atoms with E-state index in [1.54, 1.807) is 6.92 Å². The van der Waals surface area contributed by atoms with E-state index in [0.29, 0.717) is 6.42 Å². The molecule has 0 saturated carbocycles.